The molecule has 1 aliphatic carbocycles. The van der Waals surface area contributed by atoms with Gasteiger partial charge in [0.05, 0.1) is 18.1 Å². The summed E-state index contributed by atoms with van der Waals surface area (Å²) in [4.78, 5) is 26.2. The van der Waals surface area contributed by atoms with Crippen molar-refractivity contribution in [3.8, 4) is 0 Å². The number of carbonyl (C=O) groups is 1. The number of hydrogen-bond acceptors (Lipinski definition) is 6. The largest absolute Gasteiger partial charge is 0.354 e. The fourth-order valence-electron chi connectivity index (χ4n) is 5.13. The average Bonchev–Trinajstić information content (AvgIpc) is 3.23. The van der Waals surface area contributed by atoms with E-state index in [9.17, 15) is 4.79 Å². The number of carbonyl (C=O) groups excluding carboxylic acids is 1. The lowest BCUT2D eigenvalue weighted by Gasteiger charge is -2.31. The Morgan fingerprint density at radius 1 is 1.17 bits per heavy atom. The van der Waals surface area contributed by atoms with Crippen molar-refractivity contribution in [2.75, 3.05) is 36.4 Å². The molecule has 30 heavy (non-hydrogen) atoms. The van der Waals surface area contributed by atoms with E-state index in [0.717, 1.165) is 50.5 Å². The molecule has 2 aromatic heterocycles. The highest BCUT2D eigenvalue weighted by Crippen LogP contribution is 2.53. The lowest BCUT2D eigenvalue weighted by atomic mass is 9.71. The molecule has 2 aliphatic heterocycles. The van der Waals surface area contributed by atoms with Crippen molar-refractivity contribution in [3.05, 3.63) is 23.6 Å². The summed E-state index contributed by atoms with van der Waals surface area (Å²) in [6.45, 7) is 7.84. The van der Waals surface area contributed by atoms with Gasteiger partial charge in [-0.3, -0.25) is 9.48 Å². The van der Waals surface area contributed by atoms with Gasteiger partial charge < -0.3 is 15.1 Å². The van der Waals surface area contributed by atoms with Crippen LogP contribution < -0.4 is 10.2 Å². The fourth-order valence-corrected chi connectivity index (χ4v) is 5.34. The van der Waals surface area contributed by atoms with Crippen molar-refractivity contribution in [2.24, 2.45) is 23.8 Å². The van der Waals surface area contributed by atoms with Gasteiger partial charge in [-0.05, 0) is 12.8 Å². The van der Waals surface area contributed by atoms with Crippen LogP contribution in [-0.4, -0.2) is 56.7 Å². The molecule has 3 fully saturated rings. The molecule has 0 unspecified atom stereocenters. The molecule has 160 valence electrons. The van der Waals surface area contributed by atoms with E-state index in [-0.39, 0.29) is 16.7 Å². The van der Waals surface area contributed by atoms with E-state index in [1.165, 1.54) is 6.42 Å². The topological polar surface area (TPSA) is 79.2 Å². The summed E-state index contributed by atoms with van der Waals surface area (Å²) in [5, 5.41) is 7.89. The number of amides is 1. The third-order valence-corrected chi connectivity index (χ3v) is 7.64. The molecule has 0 radical (unpaired) electrons. The van der Waals surface area contributed by atoms with Crippen LogP contribution in [0.15, 0.2) is 18.6 Å². The minimum atomic E-state index is 0.0115. The van der Waals surface area contributed by atoms with Crippen LogP contribution in [0.4, 0.5) is 17.5 Å². The zero-order chi connectivity index (χ0) is 21.1. The molecular weight excluding hydrogens is 402 g/mol. The van der Waals surface area contributed by atoms with Gasteiger partial charge in [0, 0.05) is 56.2 Å². The minimum Gasteiger partial charge on any atom is -0.354 e. The summed E-state index contributed by atoms with van der Waals surface area (Å²) in [6, 6.07) is 0. The number of fused-ring (bicyclic) bond motifs is 1. The Hall–Kier alpha value is -2.35. The molecule has 1 amide bonds. The van der Waals surface area contributed by atoms with Gasteiger partial charge in [-0.25, -0.2) is 4.98 Å². The van der Waals surface area contributed by atoms with Crippen molar-refractivity contribution >= 4 is 35.0 Å². The normalized spacial score (nSPS) is 28.5. The maximum Gasteiger partial charge on any atom is 0.229 e. The molecule has 2 saturated heterocycles. The molecule has 9 heteroatoms. The van der Waals surface area contributed by atoms with Gasteiger partial charge in [-0.15, -0.1) is 0 Å². The first-order valence-corrected chi connectivity index (χ1v) is 11.0. The predicted octanol–water partition coefficient (Wildman–Crippen LogP) is 3.08. The second-order valence-corrected chi connectivity index (χ2v) is 10.1. The summed E-state index contributed by atoms with van der Waals surface area (Å²) in [6.07, 6.45) is 8.54. The smallest absolute Gasteiger partial charge is 0.229 e. The highest BCUT2D eigenvalue weighted by Gasteiger charge is 2.59. The number of rotatable bonds is 4. The zero-order valence-electron chi connectivity index (χ0n) is 17.7. The van der Waals surface area contributed by atoms with Crippen molar-refractivity contribution in [3.63, 3.8) is 0 Å². The molecule has 2 atom stereocenters. The van der Waals surface area contributed by atoms with Gasteiger partial charge in [-0.2, -0.15) is 10.1 Å². The van der Waals surface area contributed by atoms with Crippen molar-refractivity contribution < 1.29 is 4.79 Å². The second kappa shape index (κ2) is 6.83. The number of nitrogens with zero attached hydrogens (tertiary/aromatic N) is 6. The summed E-state index contributed by atoms with van der Waals surface area (Å²) in [5.41, 5.74) is 0.850. The van der Waals surface area contributed by atoms with Crippen LogP contribution in [-0.2, 0) is 11.8 Å². The van der Waals surface area contributed by atoms with Gasteiger partial charge in [-0.1, -0.05) is 31.9 Å². The molecule has 1 N–H and O–H groups in total. The first-order chi connectivity index (χ1) is 14.3. The fraction of sp³-hybridized carbons (Fsp3) is 0.619. The highest BCUT2D eigenvalue weighted by atomic mass is 35.5. The quantitative estimate of drug-likeness (QED) is 0.804. The van der Waals surface area contributed by atoms with Gasteiger partial charge in [0.1, 0.15) is 5.02 Å². The Bertz CT molecular complexity index is 969. The lowest BCUT2D eigenvalue weighted by Crippen LogP contribution is -2.41. The molecule has 0 bridgehead atoms. The first-order valence-electron chi connectivity index (χ1n) is 10.6. The number of aryl methyl sites for hydroxylation is 1. The Labute approximate surface area is 181 Å². The van der Waals surface area contributed by atoms with Crippen LogP contribution in [0.1, 0.15) is 33.1 Å². The Morgan fingerprint density at radius 3 is 2.43 bits per heavy atom. The molecule has 3 aliphatic rings. The summed E-state index contributed by atoms with van der Waals surface area (Å²) in [7, 11) is 1.86. The van der Waals surface area contributed by atoms with Gasteiger partial charge >= 0.3 is 0 Å². The summed E-state index contributed by atoms with van der Waals surface area (Å²) < 4.78 is 1.72. The number of likely N-dealkylation sites (tertiary alicyclic amines) is 1. The third-order valence-electron chi connectivity index (χ3n) is 7.37. The van der Waals surface area contributed by atoms with Crippen molar-refractivity contribution in [2.45, 2.75) is 33.1 Å². The van der Waals surface area contributed by atoms with Crippen LogP contribution in [0.3, 0.4) is 0 Å². The van der Waals surface area contributed by atoms with Gasteiger partial charge in [0.25, 0.3) is 0 Å². The molecule has 1 saturated carbocycles. The number of hydrogen-bond donors (Lipinski definition) is 1. The minimum absolute atomic E-state index is 0.0115. The van der Waals surface area contributed by atoms with Crippen molar-refractivity contribution in [1.29, 1.82) is 0 Å². The molecule has 8 nitrogen and oxygen atoms in total. The average molecular weight is 430 g/mol. The summed E-state index contributed by atoms with van der Waals surface area (Å²) in [5.74, 6) is 1.85. The van der Waals surface area contributed by atoms with E-state index in [0.29, 0.717) is 16.9 Å². The molecule has 2 aromatic rings. The van der Waals surface area contributed by atoms with Crippen molar-refractivity contribution in [1.82, 2.24) is 24.6 Å². The number of anilines is 3. The zero-order valence-corrected chi connectivity index (χ0v) is 18.5. The second-order valence-electron chi connectivity index (χ2n) is 9.69. The van der Waals surface area contributed by atoms with E-state index in [1.54, 1.807) is 17.1 Å². The lowest BCUT2D eigenvalue weighted by molar-refractivity contribution is -0.137. The standard InChI is InChI=1S/C21H28ClN7O/c1-20-10-28(11-21(20,2)13-29(12-20)18(30)14-5-4-6-14)17-16(22)8-23-19(26-17)25-15-7-24-27(3)9-15/h7-9,14H,4-6,10-13H2,1-3H3,(H,23,25,26)/t20-,21+. The van der Waals surface area contributed by atoms with Gasteiger partial charge in [0.15, 0.2) is 5.82 Å². The Kier molecular flexibility index (Phi) is 4.47. The van der Waals surface area contributed by atoms with Crippen LogP contribution in [0, 0.1) is 16.7 Å². The molecule has 0 aromatic carbocycles. The van der Waals surface area contributed by atoms with E-state index in [1.807, 2.05) is 13.2 Å². The van der Waals surface area contributed by atoms with Crippen LogP contribution in [0.25, 0.3) is 0 Å². The molecule has 4 heterocycles. The van der Waals surface area contributed by atoms with Crippen LogP contribution >= 0.6 is 11.6 Å². The molecule has 0 spiro atoms. The number of nitrogens with one attached hydrogen (secondary N) is 1. The first kappa shape index (κ1) is 19.6. The van der Waals surface area contributed by atoms with E-state index in [4.69, 9.17) is 16.6 Å². The van der Waals surface area contributed by atoms with E-state index in [2.05, 4.69) is 39.0 Å². The Balaban J connectivity index is 1.34. The van der Waals surface area contributed by atoms with E-state index >= 15 is 0 Å². The third kappa shape index (κ3) is 3.12. The van der Waals surface area contributed by atoms with Gasteiger partial charge in [0.2, 0.25) is 11.9 Å². The predicted molar refractivity (Wildman–Crippen MR) is 116 cm³/mol. The highest BCUT2D eigenvalue weighted by molar-refractivity contribution is 6.32. The number of aromatic nitrogens is 4. The van der Waals surface area contributed by atoms with Crippen LogP contribution in [0.5, 0.6) is 0 Å². The van der Waals surface area contributed by atoms with E-state index < -0.39 is 0 Å². The SMILES string of the molecule is Cn1cc(Nc2ncc(Cl)c(N3C[C@]4(C)CN(C(=O)C5CCC5)C[C@]4(C)C3)n2)cn1. The molecule has 5 rings (SSSR count). The monoisotopic (exact) mass is 429 g/mol. The maximum atomic E-state index is 12.8. The Morgan fingerprint density at radius 2 is 1.87 bits per heavy atom. The molecular formula is C21H28ClN7O. The number of halogens is 1. The van der Waals surface area contributed by atoms with Crippen LogP contribution in [0.2, 0.25) is 5.02 Å². The maximum absolute atomic E-state index is 12.8. The summed E-state index contributed by atoms with van der Waals surface area (Å²) >= 11 is 6.50.